The van der Waals surface area contributed by atoms with E-state index < -0.39 is 0 Å². The summed E-state index contributed by atoms with van der Waals surface area (Å²) in [5, 5.41) is 0. The fraction of sp³-hybridized carbons (Fsp3) is 0.684. The number of pyridine rings is 1. The number of methoxy groups -OCH3 is 1. The molecule has 3 heterocycles. The first kappa shape index (κ1) is 17.4. The van der Waals surface area contributed by atoms with E-state index >= 15 is 0 Å². The van der Waals surface area contributed by atoms with Crippen LogP contribution in [0.3, 0.4) is 0 Å². The summed E-state index contributed by atoms with van der Waals surface area (Å²) < 4.78 is 5.02. The largest absolute Gasteiger partial charge is 0.384 e. The van der Waals surface area contributed by atoms with E-state index in [9.17, 15) is 4.79 Å². The minimum atomic E-state index is 0.243. The summed E-state index contributed by atoms with van der Waals surface area (Å²) in [5.74, 6) is 0.243. The number of carbonyl (C=O) groups is 1. The third kappa shape index (κ3) is 4.33. The Bertz CT molecular complexity index is 527. The van der Waals surface area contributed by atoms with E-state index in [4.69, 9.17) is 4.74 Å². The molecule has 2 fully saturated rings. The molecule has 0 atom stereocenters. The van der Waals surface area contributed by atoms with E-state index in [2.05, 4.69) is 22.0 Å². The standard InChI is InChI=1S/C19H29N3O2/c1-24-14-6-18(23)22-12-8-19(9-13-22)7-4-11-21(16-19)15-17-5-2-3-10-20-17/h2-3,5,10H,4,6-9,11-16H2,1H3. The number of likely N-dealkylation sites (tertiary alicyclic amines) is 2. The molecule has 3 rings (SSSR count). The predicted molar refractivity (Wildman–Crippen MR) is 93.5 cm³/mol. The van der Waals surface area contributed by atoms with Crippen LogP contribution in [-0.2, 0) is 16.1 Å². The summed E-state index contributed by atoms with van der Waals surface area (Å²) in [4.78, 5) is 21.2. The van der Waals surface area contributed by atoms with Gasteiger partial charge in [-0.3, -0.25) is 14.7 Å². The minimum absolute atomic E-state index is 0.243. The van der Waals surface area contributed by atoms with Gasteiger partial charge in [-0.15, -0.1) is 0 Å². The van der Waals surface area contributed by atoms with Gasteiger partial charge in [-0.25, -0.2) is 0 Å². The molecule has 5 heteroatoms. The second-order valence-electron chi connectivity index (χ2n) is 7.26. The fourth-order valence-electron chi connectivity index (χ4n) is 4.15. The maximum atomic E-state index is 12.2. The first-order valence-corrected chi connectivity index (χ1v) is 9.10. The monoisotopic (exact) mass is 331 g/mol. The Morgan fingerprint density at radius 2 is 2.08 bits per heavy atom. The lowest BCUT2D eigenvalue weighted by molar-refractivity contribution is -0.135. The van der Waals surface area contributed by atoms with Crippen molar-refractivity contribution >= 4 is 5.91 Å². The molecule has 0 bridgehead atoms. The van der Waals surface area contributed by atoms with Crippen molar-refractivity contribution in [3.05, 3.63) is 30.1 Å². The topological polar surface area (TPSA) is 45.7 Å². The summed E-state index contributed by atoms with van der Waals surface area (Å²) in [5.41, 5.74) is 1.55. The van der Waals surface area contributed by atoms with Crippen LogP contribution in [0, 0.1) is 5.41 Å². The number of hydrogen-bond donors (Lipinski definition) is 0. The quantitative estimate of drug-likeness (QED) is 0.831. The highest BCUT2D eigenvalue weighted by Crippen LogP contribution is 2.40. The molecule has 1 amide bonds. The smallest absolute Gasteiger partial charge is 0.224 e. The summed E-state index contributed by atoms with van der Waals surface area (Å²) in [7, 11) is 1.65. The average Bonchev–Trinajstić information content (AvgIpc) is 2.61. The van der Waals surface area contributed by atoms with Crippen molar-refractivity contribution in [2.24, 2.45) is 5.41 Å². The van der Waals surface area contributed by atoms with Gasteiger partial charge in [0, 0.05) is 39.5 Å². The molecular weight excluding hydrogens is 302 g/mol. The molecule has 1 spiro atoms. The average molecular weight is 331 g/mol. The van der Waals surface area contributed by atoms with Gasteiger partial charge in [-0.2, -0.15) is 0 Å². The first-order valence-electron chi connectivity index (χ1n) is 9.10. The summed E-state index contributed by atoms with van der Waals surface area (Å²) in [6, 6.07) is 6.14. The van der Waals surface area contributed by atoms with Crippen LogP contribution < -0.4 is 0 Å². The summed E-state index contributed by atoms with van der Waals surface area (Å²) in [6.07, 6.45) is 7.19. The molecule has 5 nitrogen and oxygen atoms in total. The van der Waals surface area contributed by atoms with Gasteiger partial charge in [0.15, 0.2) is 0 Å². The van der Waals surface area contributed by atoms with Gasteiger partial charge in [-0.05, 0) is 49.8 Å². The second kappa shape index (κ2) is 8.08. The third-order valence-electron chi connectivity index (χ3n) is 5.55. The molecule has 0 aromatic carbocycles. The highest BCUT2D eigenvalue weighted by atomic mass is 16.5. The Labute approximate surface area is 145 Å². The lowest BCUT2D eigenvalue weighted by atomic mass is 9.72. The molecule has 1 aromatic heterocycles. The van der Waals surface area contributed by atoms with Crippen molar-refractivity contribution in [1.29, 1.82) is 0 Å². The van der Waals surface area contributed by atoms with Crippen molar-refractivity contribution in [3.8, 4) is 0 Å². The van der Waals surface area contributed by atoms with Crippen LogP contribution in [0.15, 0.2) is 24.4 Å². The lowest BCUT2D eigenvalue weighted by Gasteiger charge is -2.47. The van der Waals surface area contributed by atoms with Crippen molar-refractivity contribution in [1.82, 2.24) is 14.8 Å². The zero-order chi connectivity index (χ0) is 16.8. The molecule has 24 heavy (non-hydrogen) atoms. The number of aromatic nitrogens is 1. The zero-order valence-electron chi connectivity index (χ0n) is 14.7. The van der Waals surface area contributed by atoms with Crippen molar-refractivity contribution in [2.75, 3.05) is 39.9 Å². The van der Waals surface area contributed by atoms with Crippen LogP contribution in [-0.4, -0.2) is 60.6 Å². The molecule has 1 aromatic rings. The third-order valence-corrected chi connectivity index (χ3v) is 5.55. The number of nitrogens with zero attached hydrogens (tertiary/aromatic N) is 3. The van der Waals surface area contributed by atoms with Crippen LogP contribution in [0.5, 0.6) is 0 Å². The summed E-state index contributed by atoms with van der Waals surface area (Å²) >= 11 is 0. The Morgan fingerprint density at radius 1 is 1.25 bits per heavy atom. The lowest BCUT2D eigenvalue weighted by Crippen LogP contribution is -2.50. The van der Waals surface area contributed by atoms with Crippen LogP contribution >= 0.6 is 0 Å². The zero-order valence-corrected chi connectivity index (χ0v) is 14.7. The number of piperidine rings is 2. The fourth-order valence-corrected chi connectivity index (χ4v) is 4.15. The van der Waals surface area contributed by atoms with Crippen molar-refractivity contribution < 1.29 is 9.53 Å². The normalized spacial score (nSPS) is 21.1. The first-order chi connectivity index (χ1) is 11.7. The molecule has 0 aliphatic carbocycles. The SMILES string of the molecule is COCCC(=O)N1CCC2(CCCN(Cc3ccccn3)C2)CC1. The molecule has 0 unspecified atom stereocenters. The predicted octanol–water partition coefficient (Wildman–Crippen LogP) is 2.32. The Hall–Kier alpha value is -1.46. The second-order valence-corrected chi connectivity index (χ2v) is 7.26. The highest BCUT2D eigenvalue weighted by molar-refractivity contribution is 5.76. The molecule has 2 aliphatic heterocycles. The van der Waals surface area contributed by atoms with Gasteiger partial charge in [0.25, 0.3) is 0 Å². The molecule has 0 saturated carbocycles. The molecule has 132 valence electrons. The van der Waals surface area contributed by atoms with Gasteiger partial charge in [0.2, 0.25) is 5.91 Å². The van der Waals surface area contributed by atoms with Crippen LogP contribution in [0.2, 0.25) is 0 Å². The van der Waals surface area contributed by atoms with Crippen molar-refractivity contribution in [2.45, 2.75) is 38.6 Å². The van der Waals surface area contributed by atoms with E-state index in [1.54, 1.807) is 7.11 Å². The molecule has 2 saturated heterocycles. The van der Waals surface area contributed by atoms with Crippen LogP contribution in [0.25, 0.3) is 0 Å². The van der Waals surface area contributed by atoms with Gasteiger partial charge >= 0.3 is 0 Å². The van der Waals surface area contributed by atoms with Crippen LogP contribution in [0.4, 0.5) is 0 Å². The maximum absolute atomic E-state index is 12.2. The summed E-state index contributed by atoms with van der Waals surface area (Å²) in [6.45, 7) is 5.58. The number of carbonyl (C=O) groups excluding carboxylic acids is 1. The van der Waals surface area contributed by atoms with Gasteiger partial charge in [0.1, 0.15) is 0 Å². The van der Waals surface area contributed by atoms with E-state index in [1.165, 1.54) is 12.8 Å². The van der Waals surface area contributed by atoms with E-state index in [-0.39, 0.29) is 5.91 Å². The van der Waals surface area contributed by atoms with E-state index in [1.807, 2.05) is 17.2 Å². The molecular formula is C19H29N3O2. The van der Waals surface area contributed by atoms with Gasteiger partial charge in [-0.1, -0.05) is 6.07 Å². The highest BCUT2D eigenvalue weighted by Gasteiger charge is 2.39. The molecule has 0 N–H and O–H groups in total. The van der Waals surface area contributed by atoms with Crippen LogP contribution in [0.1, 0.15) is 37.8 Å². The molecule has 0 radical (unpaired) electrons. The van der Waals surface area contributed by atoms with E-state index in [0.717, 1.165) is 51.3 Å². The Kier molecular flexibility index (Phi) is 5.85. The number of amides is 1. The van der Waals surface area contributed by atoms with Crippen molar-refractivity contribution in [3.63, 3.8) is 0 Å². The number of ether oxygens (including phenoxy) is 1. The van der Waals surface area contributed by atoms with Gasteiger partial charge in [0.05, 0.1) is 18.7 Å². The Balaban J connectivity index is 1.52. The van der Waals surface area contributed by atoms with Gasteiger partial charge < -0.3 is 9.64 Å². The minimum Gasteiger partial charge on any atom is -0.384 e. The molecule has 2 aliphatic rings. The van der Waals surface area contributed by atoms with E-state index in [0.29, 0.717) is 18.4 Å². The maximum Gasteiger partial charge on any atom is 0.224 e. The Morgan fingerprint density at radius 3 is 2.79 bits per heavy atom. The number of hydrogen-bond acceptors (Lipinski definition) is 4. The number of rotatable bonds is 5.